The normalized spacial score (nSPS) is 17.8. The van der Waals surface area contributed by atoms with Crippen molar-refractivity contribution in [3.8, 4) is 11.1 Å². The first-order valence-corrected chi connectivity index (χ1v) is 7.65. The Kier molecular flexibility index (Phi) is 4.23. The molecule has 128 valence electrons. The average molecular weight is 367 g/mol. The first-order chi connectivity index (χ1) is 10.7. The number of aromatic nitrogens is 4. The second kappa shape index (κ2) is 5.95. The van der Waals surface area contributed by atoms with Gasteiger partial charge in [-0.15, -0.1) is 24.8 Å². The Balaban J connectivity index is 0.000000845. The van der Waals surface area contributed by atoms with Gasteiger partial charge in [0, 0.05) is 62.2 Å². The number of fused-ring (bicyclic) bond motifs is 1. The van der Waals surface area contributed by atoms with Crippen molar-refractivity contribution < 1.29 is 0 Å². The summed E-state index contributed by atoms with van der Waals surface area (Å²) < 4.78 is 3.79. The molecule has 0 amide bonds. The molecule has 3 aromatic rings. The van der Waals surface area contributed by atoms with Crippen LogP contribution in [0.25, 0.3) is 16.6 Å². The molecule has 0 unspecified atom stereocenters. The predicted molar refractivity (Wildman–Crippen MR) is 99.4 cm³/mol. The van der Waals surface area contributed by atoms with Gasteiger partial charge in [-0.05, 0) is 6.07 Å². The van der Waals surface area contributed by atoms with Gasteiger partial charge in [0.25, 0.3) is 0 Å². The maximum Gasteiger partial charge on any atom is 0.0896 e. The third-order valence-corrected chi connectivity index (χ3v) is 4.93. The van der Waals surface area contributed by atoms with Crippen molar-refractivity contribution in [2.45, 2.75) is 0 Å². The summed E-state index contributed by atoms with van der Waals surface area (Å²) in [5.74, 6) is 0. The summed E-state index contributed by atoms with van der Waals surface area (Å²) in [6, 6.07) is 4.31. The molecule has 8 heteroatoms. The zero-order valence-electron chi connectivity index (χ0n) is 13.3. The highest BCUT2D eigenvalue weighted by Gasteiger charge is 2.48. The fourth-order valence-electron chi connectivity index (χ4n) is 3.59. The second-order valence-electron chi connectivity index (χ2n) is 6.64. The monoisotopic (exact) mass is 366 g/mol. The molecule has 0 bridgehead atoms. The van der Waals surface area contributed by atoms with E-state index < -0.39 is 0 Å². The summed E-state index contributed by atoms with van der Waals surface area (Å²) in [6.07, 6.45) is 7.97. The van der Waals surface area contributed by atoms with Gasteiger partial charge in [-0.2, -0.15) is 10.2 Å². The molecule has 2 aliphatic heterocycles. The van der Waals surface area contributed by atoms with Crippen LogP contribution in [-0.4, -0.2) is 45.6 Å². The van der Waals surface area contributed by atoms with E-state index in [2.05, 4.69) is 38.7 Å². The maximum absolute atomic E-state index is 4.54. The van der Waals surface area contributed by atoms with Gasteiger partial charge in [-0.1, -0.05) is 6.07 Å². The fourth-order valence-corrected chi connectivity index (χ4v) is 3.59. The minimum Gasteiger partial charge on any atom is -0.367 e. The van der Waals surface area contributed by atoms with Gasteiger partial charge < -0.3 is 10.2 Å². The summed E-state index contributed by atoms with van der Waals surface area (Å²) in [6.45, 7) is 4.61. The van der Waals surface area contributed by atoms with E-state index in [4.69, 9.17) is 0 Å². The number of halogens is 2. The number of nitrogens with one attached hydrogen (secondary N) is 1. The molecular formula is C16H20Cl2N6. The van der Waals surface area contributed by atoms with Crippen LogP contribution in [0.4, 0.5) is 5.69 Å². The van der Waals surface area contributed by atoms with Gasteiger partial charge in [-0.25, -0.2) is 4.52 Å². The van der Waals surface area contributed by atoms with Crippen molar-refractivity contribution in [3.05, 3.63) is 36.9 Å². The zero-order valence-corrected chi connectivity index (χ0v) is 15.0. The Labute approximate surface area is 152 Å². The Morgan fingerprint density at radius 2 is 1.79 bits per heavy atom. The number of hydrogen-bond acceptors (Lipinski definition) is 4. The van der Waals surface area contributed by atoms with Gasteiger partial charge in [0.1, 0.15) is 0 Å². The van der Waals surface area contributed by atoms with E-state index in [9.17, 15) is 0 Å². The number of aryl methyl sites for hydroxylation is 1. The lowest BCUT2D eigenvalue weighted by molar-refractivity contribution is 0.121. The zero-order chi connectivity index (χ0) is 14.7. The van der Waals surface area contributed by atoms with Crippen molar-refractivity contribution in [2.75, 3.05) is 31.1 Å². The van der Waals surface area contributed by atoms with Crippen molar-refractivity contribution in [1.29, 1.82) is 0 Å². The molecule has 3 aromatic heterocycles. The number of nitrogens with zero attached hydrogens (tertiary/aromatic N) is 5. The van der Waals surface area contributed by atoms with Crippen LogP contribution >= 0.6 is 24.8 Å². The number of hydrogen-bond donors (Lipinski definition) is 1. The van der Waals surface area contributed by atoms with E-state index in [0.717, 1.165) is 37.3 Å². The smallest absolute Gasteiger partial charge is 0.0896 e. The van der Waals surface area contributed by atoms with Crippen LogP contribution in [0.3, 0.4) is 0 Å². The van der Waals surface area contributed by atoms with E-state index in [-0.39, 0.29) is 24.8 Å². The number of pyridine rings is 1. The molecule has 0 atom stereocenters. The van der Waals surface area contributed by atoms with Crippen LogP contribution in [0.2, 0.25) is 0 Å². The van der Waals surface area contributed by atoms with Crippen molar-refractivity contribution >= 4 is 36.0 Å². The summed E-state index contributed by atoms with van der Waals surface area (Å²) in [5.41, 5.74) is 5.21. The molecule has 0 aromatic carbocycles. The molecule has 6 nitrogen and oxygen atoms in total. The molecule has 2 saturated heterocycles. The summed E-state index contributed by atoms with van der Waals surface area (Å²) in [7, 11) is 1.93. The molecular weight excluding hydrogens is 347 g/mol. The lowest BCUT2D eigenvalue weighted by Crippen LogP contribution is -2.71. The highest BCUT2D eigenvalue weighted by Crippen LogP contribution is 2.39. The van der Waals surface area contributed by atoms with Gasteiger partial charge in [0.05, 0.1) is 23.6 Å². The Hall–Kier alpha value is -1.76. The minimum absolute atomic E-state index is 0. The first-order valence-electron chi connectivity index (χ1n) is 7.65. The van der Waals surface area contributed by atoms with Crippen LogP contribution in [0, 0.1) is 5.41 Å². The number of rotatable bonds is 2. The third kappa shape index (κ3) is 2.46. The van der Waals surface area contributed by atoms with Gasteiger partial charge in [-0.3, -0.25) is 4.68 Å². The van der Waals surface area contributed by atoms with E-state index in [1.54, 1.807) is 0 Å². The second-order valence-corrected chi connectivity index (χ2v) is 6.64. The predicted octanol–water partition coefficient (Wildman–Crippen LogP) is 1.99. The van der Waals surface area contributed by atoms with Crippen molar-refractivity contribution in [3.63, 3.8) is 0 Å². The van der Waals surface area contributed by atoms with Gasteiger partial charge >= 0.3 is 0 Å². The molecule has 0 saturated carbocycles. The lowest BCUT2D eigenvalue weighted by Gasteiger charge is -2.56. The molecule has 1 spiro atoms. The van der Waals surface area contributed by atoms with Crippen LogP contribution in [-0.2, 0) is 7.05 Å². The fraction of sp³-hybridized carbons (Fsp3) is 0.375. The SMILES string of the molecule is Cl.Cl.Cn1cc(-c2ccc3c(N4CC5(CNC5)C4)cnn3c2)cn1. The lowest BCUT2D eigenvalue weighted by atomic mass is 9.74. The molecule has 5 rings (SSSR count). The highest BCUT2D eigenvalue weighted by molar-refractivity contribution is 5.85. The molecule has 1 N–H and O–H groups in total. The Bertz CT molecular complexity index is 858. The van der Waals surface area contributed by atoms with E-state index in [0.29, 0.717) is 5.41 Å². The molecule has 0 radical (unpaired) electrons. The van der Waals surface area contributed by atoms with Crippen molar-refractivity contribution in [1.82, 2.24) is 24.7 Å². The van der Waals surface area contributed by atoms with Crippen LogP contribution in [0.5, 0.6) is 0 Å². The molecule has 24 heavy (non-hydrogen) atoms. The van der Waals surface area contributed by atoms with Crippen LogP contribution < -0.4 is 10.2 Å². The van der Waals surface area contributed by atoms with E-state index >= 15 is 0 Å². The van der Waals surface area contributed by atoms with Crippen molar-refractivity contribution in [2.24, 2.45) is 12.5 Å². The van der Waals surface area contributed by atoms with Gasteiger partial charge in [0.2, 0.25) is 0 Å². The first kappa shape index (κ1) is 17.1. The minimum atomic E-state index is 0. The maximum atomic E-state index is 4.54. The Morgan fingerprint density at radius 3 is 2.42 bits per heavy atom. The van der Waals surface area contributed by atoms with E-state index in [1.165, 1.54) is 11.2 Å². The van der Waals surface area contributed by atoms with E-state index in [1.807, 2.05) is 34.8 Å². The quantitative estimate of drug-likeness (QED) is 0.753. The molecule has 2 fully saturated rings. The van der Waals surface area contributed by atoms with Crippen LogP contribution in [0.15, 0.2) is 36.9 Å². The standard InChI is InChI=1S/C16H18N6.2ClH/c1-20-6-13(4-18-20)12-2-3-14-15(5-19-22(14)7-12)21-10-16(11-21)8-17-9-16;;/h2-7,17H,8-11H2,1H3;2*1H. The summed E-state index contributed by atoms with van der Waals surface area (Å²) in [4.78, 5) is 2.44. The molecule has 0 aliphatic carbocycles. The average Bonchev–Trinajstić information content (AvgIpc) is 3.02. The third-order valence-electron chi connectivity index (χ3n) is 4.93. The number of anilines is 1. The highest BCUT2D eigenvalue weighted by atomic mass is 35.5. The summed E-state index contributed by atoms with van der Waals surface area (Å²) >= 11 is 0. The Morgan fingerprint density at radius 1 is 1.00 bits per heavy atom. The topological polar surface area (TPSA) is 50.4 Å². The molecule has 2 aliphatic rings. The van der Waals surface area contributed by atoms with Gasteiger partial charge in [0.15, 0.2) is 0 Å². The van der Waals surface area contributed by atoms with Crippen LogP contribution in [0.1, 0.15) is 0 Å². The largest absolute Gasteiger partial charge is 0.367 e. The summed E-state index contributed by atoms with van der Waals surface area (Å²) in [5, 5.41) is 12.2. The molecule has 5 heterocycles.